The van der Waals surface area contributed by atoms with Gasteiger partial charge in [0.2, 0.25) is 5.91 Å². The van der Waals surface area contributed by atoms with Crippen molar-refractivity contribution in [1.82, 2.24) is 0 Å². The number of hydrogen-bond donors (Lipinski definition) is 6. The topological polar surface area (TPSA) is 196 Å². The van der Waals surface area contributed by atoms with Gasteiger partial charge in [0.15, 0.2) is 0 Å². The summed E-state index contributed by atoms with van der Waals surface area (Å²) in [6.45, 7) is 0.604. The minimum atomic E-state index is -1.21. The van der Waals surface area contributed by atoms with Crippen molar-refractivity contribution >= 4 is 17.8 Å². The average molecular weight is 278 g/mol. The van der Waals surface area contributed by atoms with Crippen LogP contribution in [0.4, 0.5) is 0 Å². The van der Waals surface area contributed by atoms with Gasteiger partial charge in [0, 0.05) is 0 Å². The van der Waals surface area contributed by atoms with Crippen LogP contribution in [0.15, 0.2) is 0 Å². The summed E-state index contributed by atoms with van der Waals surface area (Å²) in [6.07, 6.45) is 1.85. The van der Waals surface area contributed by atoms with E-state index in [-0.39, 0.29) is 6.42 Å². The minimum absolute atomic E-state index is 0.310. The first kappa shape index (κ1) is 19.6. The third-order valence-corrected chi connectivity index (χ3v) is 2.02. The van der Waals surface area contributed by atoms with Gasteiger partial charge in [-0.2, -0.15) is 0 Å². The van der Waals surface area contributed by atoms with Crippen LogP contribution in [0.3, 0.4) is 0 Å². The van der Waals surface area contributed by atoms with Gasteiger partial charge in [-0.15, -0.1) is 0 Å². The van der Waals surface area contributed by atoms with E-state index in [2.05, 4.69) is 5.73 Å². The van der Waals surface area contributed by atoms with Gasteiger partial charge in [0.25, 0.3) is 0 Å². The number of nitrogens with two attached hydrogens (primary N) is 4. The summed E-state index contributed by atoms with van der Waals surface area (Å²) in [5.41, 5.74) is 20.0. The van der Waals surface area contributed by atoms with Crippen molar-refractivity contribution in [2.45, 2.75) is 37.8 Å². The lowest BCUT2D eigenvalue weighted by atomic mass is 10.1. The summed E-state index contributed by atoms with van der Waals surface area (Å²) < 4.78 is 0. The van der Waals surface area contributed by atoms with E-state index in [0.29, 0.717) is 13.0 Å². The second-order valence-electron chi connectivity index (χ2n) is 3.84. The van der Waals surface area contributed by atoms with Crippen LogP contribution in [0, 0.1) is 0 Å². The van der Waals surface area contributed by atoms with E-state index in [4.69, 9.17) is 27.4 Å². The van der Waals surface area contributed by atoms with Gasteiger partial charge in [-0.3, -0.25) is 14.4 Å². The molecule has 0 aromatic carbocycles. The van der Waals surface area contributed by atoms with Crippen molar-refractivity contribution in [3.8, 4) is 0 Å². The van der Waals surface area contributed by atoms with Crippen LogP contribution in [0.2, 0.25) is 0 Å². The van der Waals surface area contributed by atoms with Crippen molar-refractivity contribution in [3.63, 3.8) is 0 Å². The van der Waals surface area contributed by atoms with Crippen LogP contribution in [0.25, 0.3) is 0 Å². The molecular weight excluding hydrogens is 256 g/mol. The number of carboxylic acid groups (broad SMARTS) is 2. The van der Waals surface area contributed by atoms with Crippen molar-refractivity contribution in [2.75, 3.05) is 6.54 Å². The number of carbonyl (C=O) groups excluding carboxylic acids is 1. The van der Waals surface area contributed by atoms with Gasteiger partial charge in [-0.25, -0.2) is 0 Å². The fraction of sp³-hybridized carbons (Fsp3) is 0.700. The molecule has 10 N–H and O–H groups in total. The van der Waals surface area contributed by atoms with Gasteiger partial charge in [0.05, 0.1) is 6.42 Å². The second-order valence-corrected chi connectivity index (χ2v) is 3.84. The SMILES string of the molecule is NC(=O)CC(N)C(=O)O.NCCCC[C@H](N)C(=O)O. The van der Waals surface area contributed by atoms with Gasteiger partial charge in [-0.05, 0) is 19.4 Å². The first-order chi connectivity index (χ1) is 8.72. The Labute approximate surface area is 110 Å². The van der Waals surface area contributed by atoms with E-state index in [1.165, 1.54) is 0 Å². The maximum atomic E-state index is 10.1. The summed E-state index contributed by atoms with van der Waals surface area (Å²) in [6, 6.07) is -1.88. The van der Waals surface area contributed by atoms with Crippen LogP contribution in [0.1, 0.15) is 25.7 Å². The zero-order valence-electron chi connectivity index (χ0n) is 10.6. The Morgan fingerprint density at radius 1 is 0.947 bits per heavy atom. The molecule has 9 nitrogen and oxygen atoms in total. The monoisotopic (exact) mass is 278 g/mol. The van der Waals surface area contributed by atoms with E-state index < -0.39 is 29.9 Å². The Morgan fingerprint density at radius 2 is 1.42 bits per heavy atom. The zero-order valence-corrected chi connectivity index (χ0v) is 10.6. The van der Waals surface area contributed by atoms with E-state index in [9.17, 15) is 14.4 Å². The zero-order chi connectivity index (χ0) is 15.4. The summed E-state index contributed by atoms with van der Waals surface area (Å²) >= 11 is 0. The predicted octanol–water partition coefficient (Wildman–Crippen LogP) is -2.20. The molecule has 0 aromatic rings. The normalized spacial score (nSPS) is 12.8. The molecule has 0 rings (SSSR count). The van der Waals surface area contributed by atoms with Gasteiger partial charge in [0.1, 0.15) is 12.1 Å². The quantitative estimate of drug-likeness (QED) is 0.269. The predicted molar refractivity (Wildman–Crippen MR) is 67.9 cm³/mol. The molecule has 19 heavy (non-hydrogen) atoms. The largest absolute Gasteiger partial charge is 0.480 e. The van der Waals surface area contributed by atoms with Crippen molar-refractivity contribution in [3.05, 3.63) is 0 Å². The molecule has 9 heteroatoms. The maximum Gasteiger partial charge on any atom is 0.321 e. The van der Waals surface area contributed by atoms with Gasteiger partial charge < -0.3 is 33.1 Å². The van der Waals surface area contributed by atoms with E-state index >= 15 is 0 Å². The summed E-state index contributed by atoms with van der Waals surface area (Å²) in [4.78, 5) is 30.0. The van der Waals surface area contributed by atoms with Crippen LogP contribution >= 0.6 is 0 Å². The van der Waals surface area contributed by atoms with Crippen molar-refractivity contribution < 1.29 is 24.6 Å². The molecule has 0 saturated carbocycles. The van der Waals surface area contributed by atoms with Crippen LogP contribution in [0.5, 0.6) is 0 Å². The lowest BCUT2D eigenvalue weighted by molar-refractivity contribution is -0.140. The average Bonchev–Trinajstić information content (AvgIpc) is 2.28. The number of rotatable bonds is 8. The van der Waals surface area contributed by atoms with Crippen molar-refractivity contribution in [2.24, 2.45) is 22.9 Å². The highest BCUT2D eigenvalue weighted by atomic mass is 16.4. The number of primary amides is 1. The molecule has 0 aliphatic carbocycles. The van der Waals surface area contributed by atoms with E-state index in [0.717, 1.165) is 12.8 Å². The third kappa shape index (κ3) is 14.2. The number of amides is 1. The fourth-order valence-electron chi connectivity index (χ4n) is 0.936. The molecule has 0 spiro atoms. The van der Waals surface area contributed by atoms with Crippen LogP contribution < -0.4 is 22.9 Å². The number of carbonyl (C=O) groups is 3. The van der Waals surface area contributed by atoms with E-state index in [1.807, 2.05) is 0 Å². The first-order valence-corrected chi connectivity index (χ1v) is 5.67. The molecule has 2 atom stereocenters. The third-order valence-electron chi connectivity index (χ3n) is 2.02. The van der Waals surface area contributed by atoms with Gasteiger partial charge in [-0.1, -0.05) is 6.42 Å². The second kappa shape index (κ2) is 11.4. The molecule has 0 heterocycles. The number of unbranched alkanes of at least 4 members (excludes halogenated alkanes) is 1. The Hall–Kier alpha value is -1.71. The van der Waals surface area contributed by atoms with Crippen LogP contribution in [-0.4, -0.2) is 46.7 Å². The highest BCUT2D eigenvalue weighted by Crippen LogP contribution is 1.96. The van der Waals surface area contributed by atoms with E-state index in [1.54, 1.807) is 0 Å². The maximum absolute atomic E-state index is 10.1. The summed E-state index contributed by atoms with van der Waals surface area (Å²) in [7, 11) is 0. The molecule has 1 unspecified atom stereocenters. The highest BCUT2D eigenvalue weighted by Gasteiger charge is 2.13. The molecule has 0 aliphatic rings. The smallest absolute Gasteiger partial charge is 0.321 e. The van der Waals surface area contributed by atoms with Crippen LogP contribution in [-0.2, 0) is 14.4 Å². The molecule has 0 saturated heterocycles. The summed E-state index contributed by atoms with van der Waals surface area (Å²) in [5, 5.41) is 16.4. The standard InChI is InChI=1S/C6H14N2O2.C4H8N2O3/c7-4-2-1-3-5(8)6(9)10;5-2(4(8)9)1-3(6)7/h5H,1-4,7-8H2,(H,9,10);2H,1,5H2,(H2,6,7)(H,8,9)/t5-;/m0./s1. The fourth-order valence-corrected chi connectivity index (χ4v) is 0.936. The first-order valence-electron chi connectivity index (χ1n) is 5.67. The molecule has 1 amide bonds. The molecule has 0 aliphatic heterocycles. The Bertz CT molecular complexity index is 298. The Balaban J connectivity index is 0. The molecule has 0 aromatic heterocycles. The summed E-state index contributed by atoms with van der Waals surface area (Å²) in [5.74, 6) is -2.85. The molecule has 0 fully saturated rings. The van der Waals surface area contributed by atoms with Gasteiger partial charge >= 0.3 is 11.9 Å². The Morgan fingerprint density at radius 3 is 1.68 bits per heavy atom. The van der Waals surface area contributed by atoms with Crippen molar-refractivity contribution in [1.29, 1.82) is 0 Å². The minimum Gasteiger partial charge on any atom is -0.480 e. The molecular formula is C10H22N4O5. The molecule has 112 valence electrons. The number of hydrogen-bond acceptors (Lipinski definition) is 6. The lowest BCUT2D eigenvalue weighted by Crippen LogP contribution is -2.34. The molecule has 0 radical (unpaired) electrons. The number of aliphatic carboxylic acids is 2. The Kier molecular flexibility index (Phi) is 11.8. The number of carboxylic acids is 2. The highest BCUT2D eigenvalue weighted by molar-refractivity contribution is 5.83. The molecule has 0 bridgehead atoms. The lowest BCUT2D eigenvalue weighted by Gasteiger charge is -2.03.